The van der Waals surface area contributed by atoms with E-state index in [4.69, 9.17) is 9.47 Å². The zero-order chi connectivity index (χ0) is 16.4. The predicted octanol–water partition coefficient (Wildman–Crippen LogP) is 2.65. The van der Waals surface area contributed by atoms with Gasteiger partial charge in [-0.2, -0.15) is 0 Å². The number of amides is 1. The van der Waals surface area contributed by atoms with Crippen molar-refractivity contribution in [2.24, 2.45) is 0 Å². The molecule has 0 radical (unpaired) electrons. The molecule has 1 fully saturated rings. The second-order valence-electron chi connectivity index (χ2n) is 6.01. The second kappa shape index (κ2) is 6.78. The Morgan fingerprint density at radius 2 is 2.08 bits per heavy atom. The lowest BCUT2D eigenvalue weighted by Gasteiger charge is -2.11. The Bertz CT molecular complexity index is 740. The maximum absolute atomic E-state index is 12.2. The fourth-order valence-electron chi connectivity index (χ4n) is 2.98. The molecule has 1 amide bonds. The van der Waals surface area contributed by atoms with Gasteiger partial charge in [0.25, 0.3) is 0 Å². The van der Waals surface area contributed by atoms with E-state index < -0.39 is 0 Å². The zero-order valence-electron chi connectivity index (χ0n) is 13.3. The van der Waals surface area contributed by atoms with Crippen LogP contribution < -0.4 is 14.8 Å². The number of aromatic nitrogens is 1. The number of carbonyl (C=O) groups excluding carboxylic acids is 1. The molecule has 1 saturated heterocycles. The first kappa shape index (κ1) is 15.4. The molecule has 1 aromatic heterocycles. The Kier molecular flexibility index (Phi) is 4.36. The van der Waals surface area contributed by atoms with Crippen LogP contribution in [-0.2, 0) is 17.8 Å². The van der Waals surface area contributed by atoms with E-state index in [0.717, 1.165) is 30.3 Å². The van der Waals surface area contributed by atoms with Crippen LogP contribution >= 0.6 is 11.3 Å². The summed E-state index contributed by atoms with van der Waals surface area (Å²) in [5, 5.41) is 5.94. The number of hydrogen-bond acceptors (Lipinski definition) is 6. The lowest BCUT2D eigenvalue weighted by molar-refractivity contribution is -0.115. The lowest BCUT2D eigenvalue weighted by atomic mass is 10.2. The van der Waals surface area contributed by atoms with Crippen molar-refractivity contribution < 1.29 is 14.3 Å². The normalized spacial score (nSPS) is 16.5. The molecule has 2 aliphatic rings. The van der Waals surface area contributed by atoms with E-state index in [9.17, 15) is 4.79 Å². The quantitative estimate of drug-likeness (QED) is 0.903. The number of benzene rings is 1. The second-order valence-corrected chi connectivity index (χ2v) is 6.95. The van der Waals surface area contributed by atoms with Gasteiger partial charge in [-0.25, -0.2) is 4.98 Å². The molecule has 0 bridgehead atoms. The van der Waals surface area contributed by atoms with Crippen LogP contribution in [-0.4, -0.2) is 35.7 Å². The van der Waals surface area contributed by atoms with Gasteiger partial charge in [-0.05, 0) is 38.1 Å². The molecule has 6 nitrogen and oxygen atoms in total. The third kappa shape index (κ3) is 3.52. The number of rotatable bonds is 5. The molecule has 1 aromatic carbocycles. The summed E-state index contributed by atoms with van der Waals surface area (Å²) < 4.78 is 10.6. The van der Waals surface area contributed by atoms with E-state index >= 15 is 0 Å². The van der Waals surface area contributed by atoms with E-state index in [2.05, 4.69) is 15.2 Å². The third-order valence-electron chi connectivity index (χ3n) is 4.15. The number of anilines is 1. The molecular formula is C17H19N3O3S. The van der Waals surface area contributed by atoms with Crippen molar-refractivity contribution in [3.05, 3.63) is 34.3 Å². The summed E-state index contributed by atoms with van der Waals surface area (Å²) in [6.07, 6.45) is 2.83. The zero-order valence-corrected chi connectivity index (χ0v) is 14.1. The standard InChI is InChI=1S/C17H19N3O3S/c21-16(18-12-3-4-14-15(7-12)23-11-22-14)8-13-10-24-17(19-13)9-20-5-1-2-6-20/h3-4,7,10H,1-2,5-6,8-9,11H2,(H,18,21). The van der Waals surface area contributed by atoms with Crippen LogP contribution in [0, 0.1) is 0 Å². The maximum Gasteiger partial charge on any atom is 0.231 e. The molecule has 2 aromatic rings. The SMILES string of the molecule is O=C(Cc1csc(CN2CCCC2)n1)Nc1ccc2c(c1)OCO2. The summed E-state index contributed by atoms with van der Waals surface area (Å²) >= 11 is 1.63. The molecule has 24 heavy (non-hydrogen) atoms. The Morgan fingerprint density at radius 3 is 2.96 bits per heavy atom. The molecule has 1 N–H and O–H groups in total. The number of likely N-dealkylation sites (tertiary alicyclic amines) is 1. The number of carbonyl (C=O) groups is 1. The number of hydrogen-bond donors (Lipinski definition) is 1. The van der Waals surface area contributed by atoms with E-state index in [0.29, 0.717) is 17.2 Å². The molecule has 0 saturated carbocycles. The minimum Gasteiger partial charge on any atom is -0.454 e. The smallest absolute Gasteiger partial charge is 0.231 e. The topological polar surface area (TPSA) is 63.7 Å². The summed E-state index contributed by atoms with van der Waals surface area (Å²) in [6.45, 7) is 3.43. The molecule has 2 aliphatic heterocycles. The molecule has 4 rings (SSSR count). The number of ether oxygens (including phenoxy) is 2. The van der Waals surface area contributed by atoms with Gasteiger partial charge in [-0.1, -0.05) is 0 Å². The van der Waals surface area contributed by atoms with Crippen molar-refractivity contribution >= 4 is 22.9 Å². The van der Waals surface area contributed by atoms with Crippen LogP contribution in [0.25, 0.3) is 0 Å². The van der Waals surface area contributed by atoms with E-state index in [1.807, 2.05) is 11.4 Å². The largest absolute Gasteiger partial charge is 0.454 e. The van der Waals surface area contributed by atoms with Gasteiger partial charge >= 0.3 is 0 Å². The molecule has 0 spiro atoms. The fraction of sp³-hybridized carbons (Fsp3) is 0.412. The van der Waals surface area contributed by atoms with Crippen LogP contribution in [0.1, 0.15) is 23.5 Å². The van der Waals surface area contributed by atoms with E-state index in [1.165, 1.54) is 12.8 Å². The summed E-state index contributed by atoms with van der Waals surface area (Å²) in [5.41, 5.74) is 1.53. The van der Waals surface area contributed by atoms with Crippen LogP contribution in [0.2, 0.25) is 0 Å². The van der Waals surface area contributed by atoms with Crippen molar-refractivity contribution in [3.63, 3.8) is 0 Å². The van der Waals surface area contributed by atoms with Crippen molar-refractivity contribution in [2.75, 3.05) is 25.2 Å². The average molecular weight is 345 g/mol. The van der Waals surface area contributed by atoms with Gasteiger partial charge in [0.05, 0.1) is 18.7 Å². The van der Waals surface area contributed by atoms with Gasteiger partial charge in [0, 0.05) is 17.1 Å². The highest BCUT2D eigenvalue weighted by Gasteiger charge is 2.16. The monoisotopic (exact) mass is 345 g/mol. The Balaban J connectivity index is 1.33. The first-order valence-electron chi connectivity index (χ1n) is 8.11. The first-order valence-corrected chi connectivity index (χ1v) is 8.99. The molecular weight excluding hydrogens is 326 g/mol. The van der Waals surface area contributed by atoms with Gasteiger partial charge in [0.2, 0.25) is 12.7 Å². The van der Waals surface area contributed by atoms with Crippen molar-refractivity contribution in [1.82, 2.24) is 9.88 Å². The van der Waals surface area contributed by atoms with E-state index in [-0.39, 0.29) is 19.1 Å². The number of nitrogens with one attached hydrogen (secondary N) is 1. The fourth-order valence-corrected chi connectivity index (χ4v) is 3.81. The van der Waals surface area contributed by atoms with Gasteiger partial charge in [0.15, 0.2) is 11.5 Å². The highest BCUT2D eigenvalue weighted by atomic mass is 32.1. The average Bonchev–Trinajstić information content (AvgIpc) is 3.29. The van der Waals surface area contributed by atoms with Crippen LogP contribution in [0.4, 0.5) is 5.69 Å². The predicted molar refractivity (Wildman–Crippen MR) is 91.5 cm³/mol. The molecule has 0 unspecified atom stereocenters. The molecule has 0 atom stereocenters. The Morgan fingerprint density at radius 1 is 1.25 bits per heavy atom. The highest BCUT2D eigenvalue weighted by molar-refractivity contribution is 7.09. The summed E-state index contributed by atoms with van der Waals surface area (Å²) in [4.78, 5) is 19.2. The maximum atomic E-state index is 12.2. The first-order chi connectivity index (χ1) is 11.8. The van der Waals surface area contributed by atoms with Crippen LogP contribution in [0.15, 0.2) is 23.6 Å². The van der Waals surface area contributed by atoms with Gasteiger partial charge in [0.1, 0.15) is 5.01 Å². The van der Waals surface area contributed by atoms with Gasteiger partial charge in [-0.15, -0.1) is 11.3 Å². The number of fused-ring (bicyclic) bond motifs is 1. The summed E-state index contributed by atoms with van der Waals surface area (Å²) in [7, 11) is 0. The van der Waals surface area contributed by atoms with Crippen LogP contribution in [0.3, 0.4) is 0 Å². The van der Waals surface area contributed by atoms with E-state index in [1.54, 1.807) is 23.5 Å². The molecule has 126 valence electrons. The molecule has 0 aliphatic carbocycles. The van der Waals surface area contributed by atoms with Crippen molar-refractivity contribution in [2.45, 2.75) is 25.8 Å². The van der Waals surface area contributed by atoms with Crippen molar-refractivity contribution in [1.29, 1.82) is 0 Å². The van der Waals surface area contributed by atoms with Gasteiger partial charge < -0.3 is 14.8 Å². The minimum absolute atomic E-state index is 0.0770. The number of thiazole rings is 1. The molecule has 7 heteroatoms. The van der Waals surface area contributed by atoms with Gasteiger partial charge in [-0.3, -0.25) is 9.69 Å². The highest BCUT2D eigenvalue weighted by Crippen LogP contribution is 2.34. The summed E-state index contributed by atoms with van der Waals surface area (Å²) in [5.74, 6) is 1.29. The molecule has 3 heterocycles. The van der Waals surface area contributed by atoms with Crippen LogP contribution in [0.5, 0.6) is 11.5 Å². The Labute approximate surface area is 144 Å². The lowest BCUT2D eigenvalue weighted by Crippen LogP contribution is -2.18. The number of nitrogens with zero attached hydrogens (tertiary/aromatic N) is 2. The third-order valence-corrected chi connectivity index (χ3v) is 5.04. The minimum atomic E-state index is -0.0770. The van der Waals surface area contributed by atoms with Crippen molar-refractivity contribution in [3.8, 4) is 11.5 Å². The summed E-state index contributed by atoms with van der Waals surface area (Å²) in [6, 6.07) is 5.39. The Hall–Kier alpha value is -2.12.